The quantitative estimate of drug-likeness (QED) is 0.128. The van der Waals surface area contributed by atoms with Gasteiger partial charge in [-0.05, 0) is 125 Å². The summed E-state index contributed by atoms with van der Waals surface area (Å²) in [4.78, 5) is 9.88. The Labute approximate surface area is 395 Å². The molecule has 0 radical (unpaired) electrons. The molecule has 4 aromatic heterocycles. The normalized spacial score (nSPS) is 12.9. The van der Waals surface area contributed by atoms with Gasteiger partial charge in [0.2, 0.25) is 0 Å². The number of pyridine rings is 2. The summed E-state index contributed by atoms with van der Waals surface area (Å²) in [6, 6.07) is 74.9. The Hall–Kier alpha value is -9.06. The van der Waals surface area contributed by atoms with Gasteiger partial charge < -0.3 is 9.13 Å². The van der Waals surface area contributed by atoms with Crippen LogP contribution in [0.4, 0.5) is 0 Å². The standard InChI is InChI=1S/C64H35BN4/c1-3-18-42-38(14-1)41-17-6-8-21-45(41)59-46(42)27-28-47-49-33-37(54-23-10-12-31-67-54)34-51-62(49)69(63(47)59)57-25-13-24-56-61(57)65(51)52-35-48-43-19-4-2-15-39(43)40-16-5-7-20-44(40)58(48)60-50-32-36(53-22-9-11-30-66-53)26-29-55(50)68(56)64(52)60/h1-35H. The first-order chi connectivity index (χ1) is 34.3. The maximum atomic E-state index is 5.01. The maximum Gasteiger partial charge on any atom is 0.252 e. The first-order valence-corrected chi connectivity index (χ1v) is 23.9. The van der Waals surface area contributed by atoms with Crippen LogP contribution >= 0.6 is 0 Å². The SMILES string of the molecule is c1ccc(-c2ccc3c(c2)c2c4c5ccccc5c5ccccc5c4cc4c2n3-c2cccc3c2B4c2cc(-c4ccccn4)cc4c5ccc6c7ccccc7c7ccccc7c6c5n-3c24)nc1. The molecule has 15 aromatic rings. The van der Waals surface area contributed by atoms with Crippen LogP contribution in [0.2, 0.25) is 0 Å². The van der Waals surface area contributed by atoms with Crippen LogP contribution in [-0.4, -0.2) is 25.8 Å². The van der Waals surface area contributed by atoms with Crippen molar-refractivity contribution < 1.29 is 0 Å². The van der Waals surface area contributed by atoms with Crippen molar-refractivity contribution in [3.8, 4) is 33.9 Å². The highest BCUT2D eigenvalue weighted by atomic mass is 15.0. The van der Waals surface area contributed by atoms with Crippen LogP contribution in [0.15, 0.2) is 213 Å². The molecule has 0 N–H and O–H groups in total. The number of hydrogen-bond donors (Lipinski definition) is 0. The number of nitrogens with zero attached hydrogens (tertiary/aromatic N) is 4. The van der Waals surface area contributed by atoms with Gasteiger partial charge >= 0.3 is 0 Å². The number of hydrogen-bond acceptors (Lipinski definition) is 2. The van der Waals surface area contributed by atoms with Gasteiger partial charge in [0.1, 0.15) is 0 Å². The fourth-order valence-corrected chi connectivity index (χ4v) is 13.3. The molecule has 0 spiro atoms. The molecule has 2 aliphatic heterocycles. The van der Waals surface area contributed by atoms with Crippen molar-refractivity contribution in [2.75, 3.05) is 0 Å². The van der Waals surface area contributed by atoms with Crippen LogP contribution < -0.4 is 16.4 Å². The fourth-order valence-electron chi connectivity index (χ4n) is 13.3. The van der Waals surface area contributed by atoms with Crippen LogP contribution in [0, 0.1) is 0 Å². The third-order valence-electron chi connectivity index (χ3n) is 15.9. The Balaban J connectivity index is 1.12. The molecule has 4 nitrogen and oxygen atoms in total. The Morgan fingerprint density at radius 3 is 1.48 bits per heavy atom. The molecule has 17 rings (SSSR count). The number of benzene rings is 11. The van der Waals surface area contributed by atoms with Gasteiger partial charge in [-0.1, -0.05) is 146 Å². The highest BCUT2D eigenvalue weighted by Crippen LogP contribution is 2.48. The molecule has 0 saturated heterocycles. The minimum absolute atomic E-state index is 0.0766. The highest BCUT2D eigenvalue weighted by molar-refractivity contribution is 7.00. The molecule has 0 fully saturated rings. The fraction of sp³-hybridized carbons (Fsp3) is 0. The second-order valence-electron chi connectivity index (χ2n) is 19.1. The molecule has 6 heterocycles. The second kappa shape index (κ2) is 12.9. The van der Waals surface area contributed by atoms with Crippen molar-refractivity contribution in [1.29, 1.82) is 0 Å². The van der Waals surface area contributed by atoms with Gasteiger partial charge in [0, 0.05) is 72.7 Å². The van der Waals surface area contributed by atoms with E-state index in [2.05, 4.69) is 197 Å². The number of rotatable bonds is 2. The molecule has 0 saturated carbocycles. The first-order valence-electron chi connectivity index (χ1n) is 23.9. The highest BCUT2D eigenvalue weighted by Gasteiger charge is 2.42. The molecular weight excluding hydrogens is 836 g/mol. The molecule has 69 heavy (non-hydrogen) atoms. The van der Waals surface area contributed by atoms with Crippen molar-refractivity contribution in [2.24, 2.45) is 0 Å². The van der Waals surface area contributed by atoms with E-state index in [-0.39, 0.29) is 6.71 Å². The van der Waals surface area contributed by atoms with Gasteiger partial charge in [0.05, 0.1) is 27.9 Å². The zero-order chi connectivity index (χ0) is 44.6. The van der Waals surface area contributed by atoms with Crippen molar-refractivity contribution >= 4 is 131 Å². The Kier molecular flexibility index (Phi) is 6.74. The minimum Gasteiger partial charge on any atom is -0.310 e. The van der Waals surface area contributed by atoms with Gasteiger partial charge in [-0.2, -0.15) is 0 Å². The lowest BCUT2D eigenvalue weighted by Crippen LogP contribution is -2.59. The molecule has 0 atom stereocenters. The second-order valence-corrected chi connectivity index (χ2v) is 19.1. The van der Waals surface area contributed by atoms with Gasteiger partial charge in [-0.15, -0.1) is 0 Å². The molecular formula is C64H35BN4. The monoisotopic (exact) mass is 870 g/mol. The van der Waals surface area contributed by atoms with E-state index >= 15 is 0 Å². The lowest BCUT2D eigenvalue weighted by molar-refractivity contribution is 1.15. The molecule has 11 aromatic carbocycles. The van der Waals surface area contributed by atoms with E-state index in [1.807, 2.05) is 24.5 Å². The summed E-state index contributed by atoms with van der Waals surface area (Å²) in [5.74, 6) is 0. The van der Waals surface area contributed by atoms with E-state index in [1.165, 1.54) is 136 Å². The van der Waals surface area contributed by atoms with Crippen molar-refractivity contribution in [3.63, 3.8) is 0 Å². The largest absolute Gasteiger partial charge is 0.310 e. The molecule has 314 valence electrons. The summed E-state index contributed by atoms with van der Waals surface area (Å²) < 4.78 is 5.26. The molecule has 0 unspecified atom stereocenters. The van der Waals surface area contributed by atoms with Gasteiger partial charge in [0.25, 0.3) is 6.71 Å². The molecule has 0 aliphatic carbocycles. The third-order valence-corrected chi connectivity index (χ3v) is 15.9. The minimum atomic E-state index is -0.0766. The van der Waals surface area contributed by atoms with Crippen LogP contribution in [0.1, 0.15) is 0 Å². The van der Waals surface area contributed by atoms with Crippen molar-refractivity contribution in [1.82, 2.24) is 19.1 Å². The molecule has 5 heteroatoms. The van der Waals surface area contributed by atoms with E-state index in [0.29, 0.717) is 0 Å². The summed E-state index contributed by atoms with van der Waals surface area (Å²) in [7, 11) is 0. The van der Waals surface area contributed by atoms with Crippen LogP contribution in [0.25, 0.3) is 142 Å². The Morgan fingerprint density at radius 1 is 0.304 bits per heavy atom. The van der Waals surface area contributed by atoms with Gasteiger partial charge in [-0.3, -0.25) is 9.97 Å². The predicted molar refractivity (Wildman–Crippen MR) is 291 cm³/mol. The van der Waals surface area contributed by atoms with Gasteiger partial charge in [-0.25, -0.2) is 0 Å². The van der Waals surface area contributed by atoms with Crippen molar-refractivity contribution in [3.05, 3.63) is 213 Å². The predicted octanol–water partition coefficient (Wildman–Crippen LogP) is 14.1. The van der Waals surface area contributed by atoms with E-state index in [1.54, 1.807) is 0 Å². The van der Waals surface area contributed by atoms with Gasteiger partial charge in [0.15, 0.2) is 0 Å². The molecule has 2 aliphatic rings. The Bertz CT molecular complexity index is 4800. The van der Waals surface area contributed by atoms with Crippen LogP contribution in [-0.2, 0) is 0 Å². The summed E-state index contributed by atoms with van der Waals surface area (Å²) in [6.07, 6.45) is 3.82. The number of aromatic nitrogens is 4. The summed E-state index contributed by atoms with van der Waals surface area (Å²) in [5, 5.41) is 20.4. The average Bonchev–Trinajstić information content (AvgIpc) is 3.95. The average molecular weight is 871 g/mol. The summed E-state index contributed by atoms with van der Waals surface area (Å²) in [5.41, 5.74) is 15.6. The zero-order valence-corrected chi connectivity index (χ0v) is 37.1. The zero-order valence-electron chi connectivity index (χ0n) is 37.1. The first kappa shape index (κ1) is 36.1. The maximum absolute atomic E-state index is 5.01. The van der Waals surface area contributed by atoms with E-state index in [0.717, 1.165) is 22.5 Å². The lowest BCUT2D eigenvalue weighted by Gasteiger charge is -2.34. The topological polar surface area (TPSA) is 35.6 Å². The summed E-state index contributed by atoms with van der Waals surface area (Å²) >= 11 is 0. The van der Waals surface area contributed by atoms with Crippen molar-refractivity contribution in [2.45, 2.75) is 0 Å². The molecule has 0 bridgehead atoms. The smallest absolute Gasteiger partial charge is 0.252 e. The van der Waals surface area contributed by atoms with E-state index in [4.69, 9.17) is 9.97 Å². The summed E-state index contributed by atoms with van der Waals surface area (Å²) in [6.45, 7) is -0.0766. The lowest BCUT2D eigenvalue weighted by atomic mass is 9.34. The van der Waals surface area contributed by atoms with E-state index in [9.17, 15) is 0 Å². The van der Waals surface area contributed by atoms with Crippen LogP contribution in [0.3, 0.4) is 0 Å². The number of fused-ring (bicyclic) bond motifs is 24. The third kappa shape index (κ3) is 4.46. The molecule has 0 amide bonds. The van der Waals surface area contributed by atoms with Crippen LogP contribution in [0.5, 0.6) is 0 Å². The Morgan fingerprint density at radius 2 is 0.826 bits per heavy atom. The van der Waals surface area contributed by atoms with E-state index < -0.39 is 0 Å².